The van der Waals surface area contributed by atoms with Crippen molar-refractivity contribution in [3.8, 4) is 0 Å². The molecule has 1 heterocycles. The van der Waals surface area contributed by atoms with Crippen LogP contribution >= 0.6 is 15.9 Å². The third-order valence-electron chi connectivity index (χ3n) is 3.27. The van der Waals surface area contributed by atoms with Gasteiger partial charge in [-0.05, 0) is 53.5 Å². The molecule has 0 fully saturated rings. The Kier molecular flexibility index (Phi) is 5.31. The first kappa shape index (κ1) is 15.2. The molecule has 0 radical (unpaired) electrons. The van der Waals surface area contributed by atoms with E-state index in [0.29, 0.717) is 0 Å². The number of hydrogen-bond acceptors (Lipinski definition) is 2. The molecule has 1 aromatic carbocycles. The quantitative estimate of drug-likeness (QED) is 0.869. The first-order chi connectivity index (χ1) is 9.65. The minimum absolute atomic E-state index is 0.155. The second-order valence-electron chi connectivity index (χ2n) is 4.63. The number of likely N-dealkylation sites (N-methyl/N-ethyl adjacent to an activating group) is 1. The largest absolute Gasteiger partial charge is 0.309 e. The van der Waals surface area contributed by atoms with Crippen LogP contribution < -0.4 is 5.32 Å². The molecule has 0 aliphatic carbocycles. The van der Waals surface area contributed by atoms with Crippen molar-refractivity contribution >= 4 is 15.9 Å². The Labute approximate surface area is 127 Å². The van der Waals surface area contributed by atoms with E-state index in [1.807, 2.05) is 23.0 Å². The summed E-state index contributed by atoms with van der Waals surface area (Å²) >= 11 is 3.57. The van der Waals surface area contributed by atoms with E-state index in [0.717, 1.165) is 35.2 Å². The number of halogens is 2. The fourth-order valence-corrected chi connectivity index (χ4v) is 2.91. The van der Waals surface area contributed by atoms with Crippen LogP contribution in [0.1, 0.15) is 31.1 Å². The molecule has 0 spiro atoms. The molecule has 20 heavy (non-hydrogen) atoms. The summed E-state index contributed by atoms with van der Waals surface area (Å²) in [6, 6.07) is 6.83. The van der Waals surface area contributed by atoms with Crippen LogP contribution in [-0.2, 0) is 13.0 Å². The Bertz CT molecular complexity index is 551. The highest BCUT2D eigenvalue weighted by atomic mass is 79.9. The predicted octanol–water partition coefficient (Wildman–Crippen LogP) is 3.70. The predicted molar refractivity (Wildman–Crippen MR) is 82.1 cm³/mol. The van der Waals surface area contributed by atoms with Crippen LogP contribution in [0, 0.1) is 5.82 Å². The van der Waals surface area contributed by atoms with Gasteiger partial charge in [0, 0.05) is 6.54 Å². The fourth-order valence-electron chi connectivity index (χ4n) is 2.34. The van der Waals surface area contributed by atoms with Crippen molar-refractivity contribution in [2.75, 3.05) is 6.54 Å². The van der Waals surface area contributed by atoms with E-state index in [4.69, 9.17) is 0 Å². The van der Waals surface area contributed by atoms with Crippen LogP contribution in [0.5, 0.6) is 0 Å². The van der Waals surface area contributed by atoms with E-state index in [9.17, 15) is 4.39 Å². The maximum atomic E-state index is 13.0. The van der Waals surface area contributed by atoms with Gasteiger partial charge in [0.05, 0.1) is 22.4 Å². The van der Waals surface area contributed by atoms with E-state index < -0.39 is 0 Å². The number of nitrogens with one attached hydrogen (secondary N) is 1. The number of hydrogen-bond donors (Lipinski definition) is 1. The molecular formula is C15H19BrFN3. The second-order valence-corrected chi connectivity index (χ2v) is 5.49. The molecule has 2 rings (SSSR count). The van der Waals surface area contributed by atoms with Crippen molar-refractivity contribution in [3.05, 3.63) is 52.0 Å². The Hall–Kier alpha value is -1.20. The minimum atomic E-state index is -0.200. The van der Waals surface area contributed by atoms with Crippen molar-refractivity contribution in [3.63, 3.8) is 0 Å². The van der Waals surface area contributed by atoms with Gasteiger partial charge in [-0.15, -0.1) is 0 Å². The highest BCUT2D eigenvalue weighted by Crippen LogP contribution is 2.26. The molecule has 0 saturated carbocycles. The molecule has 0 aliphatic rings. The first-order valence-electron chi connectivity index (χ1n) is 6.84. The molecule has 108 valence electrons. The lowest BCUT2D eigenvalue weighted by Gasteiger charge is -2.20. The first-order valence-corrected chi connectivity index (χ1v) is 7.64. The molecule has 0 aliphatic heterocycles. The van der Waals surface area contributed by atoms with Gasteiger partial charge in [0.1, 0.15) is 5.82 Å². The zero-order valence-corrected chi connectivity index (χ0v) is 13.3. The van der Waals surface area contributed by atoms with Crippen molar-refractivity contribution in [2.45, 2.75) is 32.9 Å². The molecule has 0 bridgehead atoms. The van der Waals surface area contributed by atoms with Gasteiger partial charge >= 0.3 is 0 Å². The van der Waals surface area contributed by atoms with Crippen LogP contribution in [0.3, 0.4) is 0 Å². The Morgan fingerprint density at radius 2 is 2.00 bits per heavy atom. The fraction of sp³-hybridized carbons (Fsp3) is 0.400. The SMILES string of the molecule is CCNC(Cc1ccc(F)cc1)c1c(Br)cnn1CC. The lowest BCUT2D eigenvalue weighted by atomic mass is 10.0. The van der Waals surface area contributed by atoms with Crippen LogP contribution in [-0.4, -0.2) is 16.3 Å². The summed E-state index contributed by atoms with van der Waals surface area (Å²) < 4.78 is 16.0. The second kappa shape index (κ2) is 6.99. The Balaban J connectivity index is 2.26. The summed E-state index contributed by atoms with van der Waals surface area (Å²) in [5.41, 5.74) is 2.24. The van der Waals surface area contributed by atoms with Crippen LogP contribution in [0.4, 0.5) is 4.39 Å². The zero-order chi connectivity index (χ0) is 14.5. The van der Waals surface area contributed by atoms with Crippen molar-refractivity contribution in [2.24, 2.45) is 0 Å². The van der Waals surface area contributed by atoms with Crippen LogP contribution in [0.25, 0.3) is 0 Å². The topological polar surface area (TPSA) is 29.9 Å². The summed E-state index contributed by atoms with van der Waals surface area (Å²) in [5.74, 6) is -0.200. The Morgan fingerprint density at radius 3 is 2.60 bits per heavy atom. The third-order valence-corrected chi connectivity index (χ3v) is 3.88. The van der Waals surface area contributed by atoms with Crippen molar-refractivity contribution in [1.82, 2.24) is 15.1 Å². The van der Waals surface area contributed by atoms with E-state index in [2.05, 4.69) is 40.2 Å². The normalized spacial score (nSPS) is 12.6. The summed E-state index contributed by atoms with van der Waals surface area (Å²) in [4.78, 5) is 0. The number of aromatic nitrogens is 2. The Morgan fingerprint density at radius 1 is 1.30 bits per heavy atom. The number of nitrogens with zero attached hydrogens (tertiary/aromatic N) is 2. The van der Waals surface area contributed by atoms with Gasteiger partial charge in [-0.25, -0.2) is 4.39 Å². The third kappa shape index (κ3) is 3.46. The van der Waals surface area contributed by atoms with Crippen molar-refractivity contribution in [1.29, 1.82) is 0 Å². The lowest BCUT2D eigenvalue weighted by Crippen LogP contribution is -2.26. The van der Waals surface area contributed by atoms with E-state index in [1.54, 1.807) is 0 Å². The van der Waals surface area contributed by atoms with Crippen molar-refractivity contribution < 1.29 is 4.39 Å². The van der Waals surface area contributed by atoms with Gasteiger partial charge < -0.3 is 5.32 Å². The summed E-state index contributed by atoms with van der Waals surface area (Å²) in [7, 11) is 0. The molecule has 0 saturated heterocycles. The van der Waals surface area contributed by atoms with E-state index in [1.165, 1.54) is 12.1 Å². The van der Waals surface area contributed by atoms with Gasteiger partial charge in [0.25, 0.3) is 0 Å². The monoisotopic (exact) mass is 339 g/mol. The van der Waals surface area contributed by atoms with Gasteiger partial charge in [0.15, 0.2) is 0 Å². The minimum Gasteiger partial charge on any atom is -0.309 e. The standard InChI is InChI=1S/C15H19BrFN3/c1-3-18-14(9-11-5-7-12(17)8-6-11)15-13(16)10-19-20(15)4-2/h5-8,10,14,18H,3-4,9H2,1-2H3. The molecule has 1 atom stereocenters. The van der Waals surface area contributed by atoms with Crippen LogP contribution in [0.15, 0.2) is 34.9 Å². The number of benzene rings is 1. The molecule has 1 N–H and O–H groups in total. The van der Waals surface area contributed by atoms with Crippen LogP contribution in [0.2, 0.25) is 0 Å². The molecule has 5 heteroatoms. The maximum absolute atomic E-state index is 13.0. The van der Waals surface area contributed by atoms with E-state index in [-0.39, 0.29) is 11.9 Å². The maximum Gasteiger partial charge on any atom is 0.123 e. The molecule has 1 unspecified atom stereocenters. The van der Waals surface area contributed by atoms with Gasteiger partial charge in [-0.3, -0.25) is 4.68 Å². The molecule has 2 aromatic rings. The molecule has 0 amide bonds. The molecular weight excluding hydrogens is 321 g/mol. The molecule has 3 nitrogen and oxygen atoms in total. The van der Waals surface area contributed by atoms with E-state index >= 15 is 0 Å². The lowest BCUT2D eigenvalue weighted by molar-refractivity contribution is 0.488. The molecule has 1 aromatic heterocycles. The van der Waals surface area contributed by atoms with Gasteiger partial charge in [0.2, 0.25) is 0 Å². The van der Waals surface area contributed by atoms with Gasteiger partial charge in [-0.1, -0.05) is 19.1 Å². The smallest absolute Gasteiger partial charge is 0.123 e. The zero-order valence-electron chi connectivity index (χ0n) is 11.7. The summed E-state index contributed by atoms with van der Waals surface area (Å²) in [6.45, 7) is 5.85. The average Bonchev–Trinajstić information content (AvgIpc) is 2.82. The number of rotatable bonds is 6. The summed E-state index contributed by atoms with van der Waals surface area (Å²) in [6.07, 6.45) is 2.63. The summed E-state index contributed by atoms with van der Waals surface area (Å²) in [5, 5.41) is 7.84. The number of aryl methyl sites for hydroxylation is 1. The van der Waals surface area contributed by atoms with Gasteiger partial charge in [-0.2, -0.15) is 5.10 Å². The average molecular weight is 340 g/mol. The highest BCUT2D eigenvalue weighted by Gasteiger charge is 2.19. The highest BCUT2D eigenvalue weighted by molar-refractivity contribution is 9.10.